The standard InChI is InChI=1S/C20H25N3O3/c1-4-21-20(24)22-10-5-11-23-18-12-14(25-2)6-8-16(18)17-9-7-15(26-3)13-19(17)23/h6-9,12-13H,4-5,10-11H2,1-3H3,(H2,21,22,24). The van der Waals surface area contributed by atoms with E-state index in [4.69, 9.17) is 9.47 Å². The van der Waals surface area contributed by atoms with Gasteiger partial charge < -0.3 is 24.7 Å². The zero-order valence-corrected chi connectivity index (χ0v) is 15.5. The molecule has 0 saturated heterocycles. The van der Waals surface area contributed by atoms with E-state index in [-0.39, 0.29) is 6.03 Å². The number of fused-ring (bicyclic) bond motifs is 3. The number of urea groups is 1. The predicted octanol–water partition coefficient (Wildman–Crippen LogP) is 3.52. The van der Waals surface area contributed by atoms with Crippen LogP contribution in [0.5, 0.6) is 11.5 Å². The summed E-state index contributed by atoms with van der Waals surface area (Å²) in [5.74, 6) is 1.66. The van der Waals surface area contributed by atoms with Crippen molar-refractivity contribution >= 4 is 27.8 Å². The molecule has 6 nitrogen and oxygen atoms in total. The van der Waals surface area contributed by atoms with Gasteiger partial charge in [-0.2, -0.15) is 0 Å². The first-order chi connectivity index (χ1) is 12.7. The molecule has 0 saturated carbocycles. The third-order valence-corrected chi connectivity index (χ3v) is 4.46. The van der Waals surface area contributed by atoms with Gasteiger partial charge in [0.1, 0.15) is 11.5 Å². The van der Waals surface area contributed by atoms with Crippen LogP contribution in [0.15, 0.2) is 36.4 Å². The highest BCUT2D eigenvalue weighted by atomic mass is 16.5. The maximum Gasteiger partial charge on any atom is 0.314 e. The van der Waals surface area contributed by atoms with Gasteiger partial charge in [-0.15, -0.1) is 0 Å². The molecule has 2 aromatic carbocycles. The fourth-order valence-corrected chi connectivity index (χ4v) is 3.21. The Kier molecular flexibility index (Phi) is 5.51. The molecule has 0 atom stereocenters. The quantitative estimate of drug-likeness (QED) is 0.637. The number of benzene rings is 2. The van der Waals surface area contributed by atoms with Gasteiger partial charge in [-0.3, -0.25) is 0 Å². The highest BCUT2D eigenvalue weighted by Crippen LogP contribution is 2.33. The molecule has 0 spiro atoms. The molecule has 0 radical (unpaired) electrons. The molecule has 0 aliphatic carbocycles. The molecule has 1 aromatic heterocycles. The van der Waals surface area contributed by atoms with Crippen molar-refractivity contribution < 1.29 is 14.3 Å². The minimum absolute atomic E-state index is 0.127. The molecule has 0 unspecified atom stereocenters. The second-order valence-corrected chi connectivity index (χ2v) is 6.06. The van der Waals surface area contributed by atoms with Crippen molar-refractivity contribution in [2.24, 2.45) is 0 Å². The lowest BCUT2D eigenvalue weighted by Gasteiger charge is -2.10. The van der Waals surface area contributed by atoms with Crippen LogP contribution in [0.25, 0.3) is 21.8 Å². The van der Waals surface area contributed by atoms with Crippen molar-refractivity contribution in [2.45, 2.75) is 19.9 Å². The van der Waals surface area contributed by atoms with Crippen LogP contribution in [-0.4, -0.2) is 37.9 Å². The molecule has 0 bridgehead atoms. The lowest BCUT2D eigenvalue weighted by molar-refractivity contribution is 0.241. The molecule has 138 valence electrons. The number of methoxy groups -OCH3 is 2. The maximum atomic E-state index is 11.5. The number of rotatable bonds is 7. The van der Waals surface area contributed by atoms with Gasteiger partial charge in [0.05, 0.1) is 25.3 Å². The Morgan fingerprint density at radius 2 is 1.54 bits per heavy atom. The van der Waals surface area contributed by atoms with E-state index < -0.39 is 0 Å². The molecule has 3 rings (SSSR count). The highest BCUT2D eigenvalue weighted by molar-refractivity contribution is 6.08. The van der Waals surface area contributed by atoms with E-state index in [1.54, 1.807) is 14.2 Å². The van der Waals surface area contributed by atoms with E-state index in [1.807, 2.05) is 19.1 Å². The summed E-state index contributed by atoms with van der Waals surface area (Å²) in [5.41, 5.74) is 2.23. The fraction of sp³-hybridized carbons (Fsp3) is 0.350. The van der Waals surface area contributed by atoms with Gasteiger partial charge in [0.25, 0.3) is 0 Å². The first-order valence-corrected chi connectivity index (χ1v) is 8.83. The summed E-state index contributed by atoms with van der Waals surface area (Å²) >= 11 is 0. The van der Waals surface area contributed by atoms with Gasteiger partial charge in [-0.1, -0.05) is 0 Å². The zero-order valence-electron chi connectivity index (χ0n) is 15.5. The second-order valence-electron chi connectivity index (χ2n) is 6.06. The average Bonchev–Trinajstić information content (AvgIpc) is 2.97. The second kappa shape index (κ2) is 7.99. The third kappa shape index (κ3) is 3.54. The fourth-order valence-electron chi connectivity index (χ4n) is 3.21. The van der Waals surface area contributed by atoms with Crippen molar-refractivity contribution in [2.75, 3.05) is 27.3 Å². The first kappa shape index (κ1) is 17.9. The van der Waals surface area contributed by atoms with Crippen molar-refractivity contribution in [3.05, 3.63) is 36.4 Å². The van der Waals surface area contributed by atoms with E-state index in [9.17, 15) is 4.79 Å². The molecular weight excluding hydrogens is 330 g/mol. The average molecular weight is 355 g/mol. The molecule has 2 amide bonds. The van der Waals surface area contributed by atoms with Crippen molar-refractivity contribution in [3.8, 4) is 11.5 Å². The maximum absolute atomic E-state index is 11.5. The number of carbonyl (C=O) groups is 1. The zero-order chi connectivity index (χ0) is 18.5. The SMILES string of the molecule is CCNC(=O)NCCCn1c2cc(OC)ccc2c2ccc(OC)cc21. The Morgan fingerprint density at radius 3 is 2.04 bits per heavy atom. The number of ether oxygens (including phenoxy) is 2. The molecule has 6 heteroatoms. The number of aryl methyl sites for hydroxylation is 1. The van der Waals surface area contributed by atoms with Crippen LogP contribution in [0.2, 0.25) is 0 Å². The van der Waals surface area contributed by atoms with Crippen LogP contribution in [0.1, 0.15) is 13.3 Å². The Morgan fingerprint density at radius 1 is 0.962 bits per heavy atom. The molecule has 0 aliphatic heterocycles. The molecule has 0 fully saturated rings. The number of aromatic nitrogens is 1. The number of amides is 2. The largest absolute Gasteiger partial charge is 0.497 e. The minimum atomic E-state index is -0.127. The Labute approximate surface area is 153 Å². The molecular formula is C20H25N3O3. The summed E-state index contributed by atoms with van der Waals surface area (Å²) in [6.07, 6.45) is 0.824. The van der Waals surface area contributed by atoms with Gasteiger partial charge in [0.2, 0.25) is 0 Å². The molecule has 26 heavy (non-hydrogen) atoms. The van der Waals surface area contributed by atoms with Gasteiger partial charge in [-0.05, 0) is 37.6 Å². The van der Waals surface area contributed by atoms with E-state index in [2.05, 4.69) is 39.5 Å². The summed E-state index contributed by atoms with van der Waals surface area (Å²) in [5, 5.41) is 7.97. The van der Waals surface area contributed by atoms with Crippen LogP contribution >= 0.6 is 0 Å². The highest BCUT2D eigenvalue weighted by Gasteiger charge is 2.12. The number of nitrogens with zero attached hydrogens (tertiary/aromatic N) is 1. The minimum Gasteiger partial charge on any atom is -0.497 e. The van der Waals surface area contributed by atoms with Crippen LogP contribution < -0.4 is 20.1 Å². The summed E-state index contributed by atoms with van der Waals surface area (Å²) in [7, 11) is 3.35. The van der Waals surface area contributed by atoms with Crippen molar-refractivity contribution in [3.63, 3.8) is 0 Å². The Balaban J connectivity index is 1.92. The lowest BCUT2D eigenvalue weighted by Crippen LogP contribution is -2.36. The molecule has 2 N–H and O–H groups in total. The van der Waals surface area contributed by atoms with E-state index in [1.165, 1.54) is 10.8 Å². The van der Waals surface area contributed by atoms with Crippen LogP contribution in [0.3, 0.4) is 0 Å². The van der Waals surface area contributed by atoms with Crippen molar-refractivity contribution in [1.29, 1.82) is 0 Å². The van der Waals surface area contributed by atoms with Gasteiger partial charge >= 0.3 is 6.03 Å². The van der Waals surface area contributed by atoms with Gasteiger partial charge in [0, 0.05) is 42.5 Å². The molecule has 0 aliphatic rings. The third-order valence-electron chi connectivity index (χ3n) is 4.46. The van der Waals surface area contributed by atoms with Crippen LogP contribution in [0.4, 0.5) is 4.79 Å². The number of hydrogen-bond acceptors (Lipinski definition) is 3. The normalized spacial score (nSPS) is 10.9. The number of nitrogens with one attached hydrogen (secondary N) is 2. The van der Waals surface area contributed by atoms with Crippen molar-refractivity contribution in [1.82, 2.24) is 15.2 Å². The van der Waals surface area contributed by atoms with Crippen LogP contribution in [-0.2, 0) is 6.54 Å². The molecule has 3 aromatic rings. The monoisotopic (exact) mass is 355 g/mol. The smallest absolute Gasteiger partial charge is 0.314 e. The Bertz CT molecular complexity index is 856. The lowest BCUT2D eigenvalue weighted by atomic mass is 10.1. The predicted molar refractivity (Wildman–Crippen MR) is 104 cm³/mol. The summed E-state index contributed by atoms with van der Waals surface area (Å²) in [6, 6.07) is 12.1. The summed E-state index contributed by atoms with van der Waals surface area (Å²) in [6.45, 7) is 3.92. The number of hydrogen-bond donors (Lipinski definition) is 2. The van der Waals surface area contributed by atoms with Crippen LogP contribution in [0, 0.1) is 0 Å². The Hall–Kier alpha value is -2.89. The van der Waals surface area contributed by atoms with E-state index in [0.717, 1.165) is 35.5 Å². The van der Waals surface area contributed by atoms with Gasteiger partial charge in [-0.25, -0.2) is 4.79 Å². The van der Waals surface area contributed by atoms with Gasteiger partial charge in [0.15, 0.2) is 0 Å². The summed E-state index contributed by atoms with van der Waals surface area (Å²) in [4.78, 5) is 11.5. The summed E-state index contributed by atoms with van der Waals surface area (Å²) < 4.78 is 13.1. The molecule has 1 heterocycles. The first-order valence-electron chi connectivity index (χ1n) is 8.83. The van der Waals surface area contributed by atoms with E-state index >= 15 is 0 Å². The van der Waals surface area contributed by atoms with E-state index in [0.29, 0.717) is 13.1 Å². The topological polar surface area (TPSA) is 64.5 Å². The number of carbonyl (C=O) groups excluding carboxylic acids is 1.